The number of carbonyl (C=O) groups is 1. The SMILES string of the molecule is Cc1ccc(CNc2ccc(C(=O)NCCO)cc2)o1. The number of carbonyl (C=O) groups excluding carboxylic acids is 1. The van der Waals surface area contributed by atoms with Crippen LogP contribution in [0.5, 0.6) is 0 Å². The van der Waals surface area contributed by atoms with Crippen molar-refractivity contribution in [3.63, 3.8) is 0 Å². The van der Waals surface area contributed by atoms with Crippen molar-refractivity contribution in [2.45, 2.75) is 13.5 Å². The number of aryl methyl sites for hydroxylation is 1. The highest BCUT2D eigenvalue weighted by molar-refractivity contribution is 5.94. The van der Waals surface area contributed by atoms with Gasteiger partial charge in [-0.15, -0.1) is 0 Å². The minimum atomic E-state index is -0.188. The van der Waals surface area contributed by atoms with E-state index < -0.39 is 0 Å². The first-order valence-electron chi connectivity index (χ1n) is 6.47. The van der Waals surface area contributed by atoms with Crippen LogP contribution in [-0.4, -0.2) is 24.2 Å². The van der Waals surface area contributed by atoms with E-state index >= 15 is 0 Å². The zero-order chi connectivity index (χ0) is 14.4. The lowest BCUT2D eigenvalue weighted by atomic mass is 10.2. The van der Waals surface area contributed by atoms with Gasteiger partial charge in [0, 0.05) is 17.8 Å². The van der Waals surface area contributed by atoms with E-state index in [-0.39, 0.29) is 19.1 Å². The highest BCUT2D eigenvalue weighted by Crippen LogP contribution is 2.12. The normalized spacial score (nSPS) is 10.3. The predicted octanol–water partition coefficient (Wildman–Crippen LogP) is 1.92. The van der Waals surface area contributed by atoms with Gasteiger partial charge in [-0.2, -0.15) is 0 Å². The molecule has 2 aromatic rings. The molecule has 3 N–H and O–H groups in total. The minimum absolute atomic E-state index is 0.0616. The van der Waals surface area contributed by atoms with Crippen LogP contribution in [0.2, 0.25) is 0 Å². The van der Waals surface area contributed by atoms with Crippen LogP contribution in [0.25, 0.3) is 0 Å². The second kappa shape index (κ2) is 6.77. The summed E-state index contributed by atoms with van der Waals surface area (Å²) in [5.41, 5.74) is 1.48. The lowest BCUT2D eigenvalue weighted by Gasteiger charge is -2.06. The van der Waals surface area contributed by atoms with E-state index in [2.05, 4.69) is 10.6 Å². The summed E-state index contributed by atoms with van der Waals surface area (Å²) in [5.74, 6) is 1.57. The molecule has 0 bridgehead atoms. The molecule has 1 aromatic carbocycles. The van der Waals surface area contributed by atoms with Crippen LogP contribution in [0.15, 0.2) is 40.8 Å². The van der Waals surface area contributed by atoms with Crippen LogP contribution < -0.4 is 10.6 Å². The Morgan fingerprint density at radius 1 is 1.20 bits per heavy atom. The largest absolute Gasteiger partial charge is 0.465 e. The Bertz CT molecular complexity index is 561. The van der Waals surface area contributed by atoms with E-state index in [0.29, 0.717) is 12.1 Å². The van der Waals surface area contributed by atoms with Crippen molar-refractivity contribution in [2.75, 3.05) is 18.5 Å². The molecular weight excluding hydrogens is 256 g/mol. The molecule has 0 aliphatic rings. The zero-order valence-electron chi connectivity index (χ0n) is 11.3. The molecule has 1 aromatic heterocycles. The number of nitrogens with one attached hydrogen (secondary N) is 2. The van der Waals surface area contributed by atoms with Gasteiger partial charge in [-0.05, 0) is 43.3 Å². The molecule has 1 amide bonds. The van der Waals surface area contributed by atoms with Crippen molar-refractivity contribution in [3.8, 4) is 0 Å². The lowest BCUT2D eigenvalue weighted by Crippen LogP contribution is -2.26. The third kappa shape index (κ3) is 3.86. The van der Waals surface area contributed by atoms with Gasteiger partial charge < -0.3 is 20.2 Å². The molecule has 1 heterocycles. The summed E-state index contributed by atoms with van der Waals surface area (Å²) < 4.78 is 5.46. The monoisotopic (exact) mass is 274 g/mol. The van der Waals surface area contributed by atoms with Crippen molar-refractivity contribution < 1.29 is 14.3 Å². The summed E-state index contributed by atoms with van der Waals surface area (Å²) >= 11 is 0. The fraction of sp³-hybridized carbons (Fsp3) is 0.267. The van der Waals surface area contributed by atoms with Gasteiger partial charge >= 0.3 is 0 Å². The Labute approximate surface area is 117 Å². The Balaban J connectivity index is 1.89. The van der Waals surface area contributed by atoms with Gasteiger partial charge in [0.15, 0.2) is 0 Å². The number of aliphatic hydroxyl groups is 1. The lowest BCUT2D eigenvalue weighted by molar-refractivity contribution is 0.0945. The Morgan fingerprint density at radius 2 is 1.95 bits per heavy atom. The van der Waals surface area contributed by atoms with E-state index in [9.17, 15) is 4.79 Å². The number of aliphatic hydroxyl groups excluding tert-OH is 1. The molecule has 0 aliphatic heterocycles. The minimum Gasteiger partial charge on any atom is -0.465 e. The highest BCUT2D eigenvalue weighted by atomic mass is 16.3. The van der Waals surface area contributed by atoms with Crippen LogP contribution in [0.3, 0.4) is 0 Å². The van der Waals surface area contributed by atoms with Crippen LogP contribution in [0, 0.1) is 6.92 Å². The third-order valence-corrected chi connectivity index (χ3v) is 2.81. The first-order valence-corrected chi connectivity index (χ1v) is 6.47. The molecule has 0 radical (unpaired) electrons. The molecule has 0 saturated heterocycles. The predicted molar refractivity (Wildman–Crippen MR) is 76.6 cm³/mol. The second-order valence-electron chi connectivity index (χ2n) is 4.42. The van der Waals surface area contributed by atoms with Gasteiger partial charge in [0.1, 0.15) is 11.5 Å². The fourth-order valence-corrected chi connectivity index (χ4v) is 1.78. The average molecular weight is 274 g/mol. The van der Waals surface area contributed by atoms with E-state index in [1.165, 1.54) is 0 Å². The number of anilines is 1. The first kappa shape index (κ1) is 14.1. The Morgan fingerprint density at radius 3 is 2.55 bits per heavy atom. The maximum atomic E-state index is 11.6. The van der Waals surface area contributed by atoms with Crippen LogP contribution in [0.1, 0.15) is 21.9 Å². The summed E-state index contributed by atoms with van der Waals surface area (Å²) in [6.07, 6.45) is 0. The molecule has 0 saturated carbocycles. The number of furan rings is 1. The summed E-state index contributed by atoms with van der Waals surface area (Å²) in [7, 11) is 0. The van der Waals surface area contributed by atoms with E-state index in [4.69, 9.17) is 9.52 Å². The molecule has 5 nitrogen and oxygen atoms in total. The molecule has 0 atom stereocenters. The first-order chi connectivity index (χ1) is 9.69. The fourth-order valence-electron chi connectivity index (χ4n) is 1.78. The average Bonchev–Trinajstić information content (AvgIpc) is 2.89. The highest BCUT2D eigenvalue weighted by Gasteiger charge is 2.04. The van der Waals surface area contributed by atoms with Gasteiger partial charge in [0.25, 0.3) is 5.91 Å². The van der Waals surface area contributed by atoms with Gasteiger partial charge in [-0.3, -0.25) is 4.79 Å². The number of hydrogen-bond donors (Lipinski definition) is 3. The number of benzene rings is 1. The quantitative estimate of drug-likeness (QED) is 0.752. The summed E-state index contributed by atoms with van der Waals surface area (Å²) in [6, 6.07) is 11.0. The molecule has 106 valence electrons. The Kier molecular flexibility index (Phi) is 4.79. The molecule has 5 heteroatoms. The zero-order valence-corrected chi connectivity index (χ0v) is 11.3. The van der Waals surface area contributed by atoms with Crippen LogP contribution in [-0.2, 0) is 6.54 Å². The number of rotatable bonds is 6. The summed E-state index contributed by atoms with van der Waals surface area (Å²) in [5, 5.41) is 14.5. The molecule has 0 spiro atoms. The van der Waals surface area contributed by atoms with E-state index in [1.807, 2.05) is 31.2 Å². The third-order valence-electron chi connectivity index (χ3n) is 2.81. The van der Waals surface area contributed by atoms with Gasteiger partial charge in [-0.25, -0.2) is 0 Å². The van der Waals surface area contributed by atoms with E-state index in [0.717, 1.165) is 17.2 Å². The number of hydrogen-bond acceptors (Lipinski definition) is 4. The van der Waals surface area contributed by atoms with Crippen molar-refractivity contribution in [1.29, 1.82) is 0 Å². The van der Waals surface area contributed by atoms with Crippen molar-refractivity contribution in [1.82, 2.24) is 5.32 Å². The van der Waals surface area contributed by atoms with Crippen molar-refractivity contribution >= 4 is 11.6 Å². The standard InChI is InChI=1S/C15H18N2O3/c1-11-2-7-14(20-11)10-17-13-5-3-12(4-6-13)15(19)16-8-9-18/h2-7,17-18H,8-10H2,1H3,(H,16,19). The van der Waals surface area contributed by atoms with Gasteiger partial charge in [0.05, 0.1) is 13.2 Å². The number of amides is 1. The topological polar surface area (TPSA) is 74.5 Å². The molecule has 0 aliphatic carbocycles. The summed E-state index contributed by atoms with van der Waals surface area (Å²) in [4.78, 5) is 11.6. The molecule has 2 rings (SSSR count). The maximum Gasteiger partial charge on any atom is 0.251 e. The maximum absolute atomic E-state index is 11.6. The smallest absolute Gasteiger partial charge is 0.251 e. The van der Waals surface area contributed by atoms with Gasteiger partial charge in [0.2, 0.25) is 0 Å². The second-order valence-corrected chi connectivity index (χ2v) is 4.42. The van der Waals surface area contributed by atoms with Crippen LogP contribution in [0.4, 0.5) is 5.69 Å². The van der Waals surface area contributed by atoms with E-state index in [1.54, 1.807) is 12.1 Å². The molecule has 20 heavy (non-hydrogen) atoms. The van der Waals surface area contributed by atoms with Crippen molar-refractivity contribution in [3.05, 3.63) is 53.5 Å². The molecule has 0 unspecified atom stereocenters. The van der Waals surface area contributed by atoms with Crippen molar-refractivity contribution in [2.24, 2.45) is 0 Å². The molecule has 0 fully saturated rings. The summed E-state index contributed by atoms with van der Waals surface area (Å²) in [6.45, 7) is 2.71. The Hall–Kier alpha value is -2.27. The molecular formula is C15H18N2O3. The van der Waals surface area contributed by atoms with Crippen LogP contribution >= 0.6 is 0 Å². The van der Waals surface area contributed by atoms with Gasteiger partial charge in [-0.1, -0.05) is 0 Å².